The zero-order valence-corrected chi connectivity index (χ0v) is 13.5. The van der Waals surface area contributed by atoms with Crippen LogP contribution in [-0.2, 0) is 16.1 Å². The van der Waals surface area contributed by atoms with Crippen LogP contribution in [0.25, 0.3) is 0 Å². The lowest BCUT2D eigenvalue weighted by atomic mass is 10.1. The van der Waals surface area contributed by atoms with Gasteiger partial charge in [0.05, 0.1) is 0 Å². The highest BCUT2D eigenvalue weighted by atomic mass is 16.3. The maximum atomic E-state index is 12.1. The predicted molar refractivity (Wildman–Crippen MR) is 86.5 cm³/mol. The van der Waals surface area contributed by atoms with E-state index < -0.39 is 24.0 Å². The average molecular weight is 323 g/mol. The molecule has 128 valence electrons. The molecule has 0 aromatic heterocycles. The van der Waals surface area contributed by atoms with E-state index in [0.29, 0.717) is 13.0 Å². The van der Waals surface area contributed by atoms with E-state index in [1.165, 1.54) is 11.9 Å². The molecule has 0 spiro atoms. The molecule has 0 saturated heterocycles. The fourth-order valence-corrected chi connectivity index (χ4v) is 2.02. The molecule has 2 amide bonds. The van der Waals surface area contributed by atoms with Crippen molar-refractivity contribution in [2.24, 2.45) is 0 Å². The molecule has 0 bridgehead atoms. The summed E-state index contributed by atoms with van der Waals surface area (Å²) in [7, 11) is 3.30. The van der Waals surface area contributed by atoms with Crippen molar-refractivity contribution in [2.45, 2.75) is 25.2 Å². The van der Waals surface area contributed by atoms with Crippen LogP contribution >= 0.6 is 0 Å². The molecule has 0 aliphatic carbocycles. The molecule has 7 heteroatoms. The molecule has 2 atom stereocenters. The summed E-state index contributed by atoms with van der Waals surface area (Å²) >= 11 is 0. The van der Waals surface area contributed by atoms with Crippen molar-refractivity contribution in [3.05, 3.63) is 35.9 Å². The van der Waals surface area contributed by atoms with Crippen molar-refractivity contribution in [1.29, 1.82) is 0 Å². The molecule has 1 aromatic rings. The van der Waals surface area contributed by atoms with Crippen molar-refractivity contribution in [3.8, 4) is 0 Å². The Morgan fingerprint density at radius 2 is 1.78 bits per heavy atom. The first-order valence-electron chi connectivity index (χ1n) is 7.54. The first-order valence-corrected chi connectivity index (χ1v) is 7.54. The Balaban J connectivity index is 2.48. The molecule has 4 N–H and O–H groups in total. The van der Waals surface area contributed by atoms with Gasteiger partial charge in [-0.2, -0.15) is 0 Å². The van der Waals surface area contributed by atoms with Gasteiger partial charge in [0.15, 0.2) is 12.2 Å². The number of aliphatic hydroxyl groups excluding tert-OH is 2. The Kier molecular flexibility index (Phi) is 8.25. The van der Waals surface area contributed by atoms with Gasteiger partial charge in [0, 0.05) is 20.1 Å². The van der Waals surface area contributed by atoms with Crippen LogP contribution in [0.4, 0.5) is 0 Å². The number of rotatable bonds is 9. The largest absolute Gasteiger partial charge is 0.380 e. The number of amides is 2. The number of hydrogen-bond acceptors (Lipinski definition) is 5. The monoisotopic (exact) mass is 323 g/mol. The van der Waals surface area contributed by atoms with Crippen LogP contribution in [0.2, 0.25) is 0 Å². The Hall–Kier alpha value is -1.96. The lowest BCUT2D eigenvalue weighted by Gasteiger charge is -2.23. The zero-order chi connectivity index (χ0) is 17.2. The van der Waals surface area contributed by atoms with Gasteiger partial charge in [0.1, 0.15) is 0 Å². The molecule has 2 unspecified atom stereocenters. The molecule has 23 heavy (non-hydrogen) atoms. The highest BCUT2D eigenvalue weighted by Crippen LogP contribution is 2.06. The van der Waals surface area contributed by atoms with Crippen molar-refractivity contribution in [3.63, 3.8) is 0 Å². The molecule has 1 rings (SSSR count). The highest BCUT2D eigenvalue weighted by molar-refractivity contribution is 5.90. The predicted octanol–water partition coefficient (Wildman–Crippen LogP) is -0.907. The summed E-state index contributed by atoms with van der Waals surface area (Å²) in [6, 6.07) is 9.25. The topological polar surface area (TPSA) is 102 Å². The third kappa shape index (κ3) is 6.35. The molecular formula is C16H25N3O4. The lowest BCUT2D eigenvalue weighted by molar-refractivity contribution is -0.152. The molecule has 0 aliphatic heterocycles. The van der Waals surface area contributed by atoms with Crippen molar-refractivity contribution in [1.82, 2.24) is 15.5 Å². The Morgan fingerprint density at radius 1 is 1.13 bits per heavy atom. The van der Waals surface area contributed by atoms with E-state index >= 15 is 0 Å². The average Bonchev–Trinajstić information content (AvgIpc) is 2.57. The van der Waals surface area contributed by atoms with Gasteiger partial charge in [-0.15, -0.1) is 0 Å². The summed E-state index contributed by atoms with van der Waals surface area (Å²) in [6.45, 7) is 1.36. The second-order valence-corrected chi connectivity index (χ2v) is 5.32. The molecule has 0 saturated carbocycles. The fraction of sp³-hybridized carbons (Fsp3) is 0.500. The normalized spacial score (nSPS) is 13.2. The minimum atomic E-state index is -1.78. The molecule has 1 aromatic carbocycles. The molecular weight excluding hydrogens is 298 g/mol. The fourth-order valence-electron chi connectivity index (χ4n) is 2.02. The van der Waals surface area contributed by atoms with Crippen LogP contribution in [0.3, 0.4) is 0 Å². The van der Waals surface area contributed by atoms with Crippen LogP contribution in [0, 0.1) is 0 Å². The summed E-state index contributed by atoms with van der Waals surface area (Å²) in [5.74, 6) is -1.46. The number of hydrogen-bond donors (Lipinski definition) is 4. The third-order valence-electron chi connectivity index (χ3n) is 3.36. The first kappa shape index (κ1) is 19.1. The van der Waals surface area contributed by atoms with E-state index in [2.05, 4.69) is 10.6 Å². The van der Waals surface area contributed by atoms with Crippen molar-refractivity contribution >= 4 is 11.8 Å². The van der Waals surface area contributed by atoms with Crippen LogP contribution in [0.1, 0.15) is 12.0 Å². The van der Waals surface area contributed by atoms with Crippen LogP contribution in [0.5, 0.6) is 0 Å². The molecule has 0 fully saturated rings. The van der Waals surface area contributed by atoms with Gasteiger partial charge in [-0.1, -0.05) is 30.3 Å². The zero-order valence-electron chi connectivity index (χ0n) is 13.5. The quantitative estimate of drug-likeness (QED) is 0.441. The number of nitrogens with one attached hydrogen (secondary N) is 2. The number of aliphatic hydroxyl groups is 2. The molecule has 0 radical (unpaired) electrons. The smallest absolute Gasteiger partial charge is 0.254 e. The number of carbonyl (C=O) groups is 2. The second kappa shape index (κ2) is 9.94. The summed E-state index contributed by atoms with van der Waals surface area (Å²) < 4.78 is 0. The molecule has 0 aliphatic rings. The number of nitrogens with zero attached hydrogens (tertiary/aromatic N) is 1. The Bertz CT molecular complexity index is 495. The van der Waals surface area contributed by atoms with E-state index in [4.69, 9.17) is 0 Å². The van der Waals surface area contributed by atoms with E-state index in [9.17, 15) is 19.8 Å². The summed E-state index contributed by atoms with van der Waals surface area (Å²) in [4.78, 5) is 25.1. The van der Waals surface area contributed by atoms with E-state index in [1.54, 1.807) is 7.05 Å². The van der Waals surface area contributed by atoms with Gasteiger partial charge in [0.25, 0.3) is 11.8 Å². The van der Waals surface area contributed by atoms with Gasteiger partial charge in [0.2, 0.25) is 0 Å². The molecule has 7 nitrogen and oxygen atoms in total. The highest BCUT2D eigenvalue weighted by Gasteiger charge is 2.32. The van der Waals surface area contributed by atoms with E-state index in [-0.39, 0.29) is 6.54 Å². The maximum absolute atomic E-state index is 12.1. The molecule has 0 heterocycles. The second-order valence-electron chi connectivity index (χ2n) is 5.32. The van der Waals surface area contributed by atoms with Crippen LogP contribution < -0.4 is 10.6 Å². The van der Waals surface area contributed by atoms with Crippen molar-refractivity contribution < 1.29 is 19.8 Å². The third-order valence-corrected chi connectivity index (χ3v) is 3.36. The SMILES string of the molecule is CNCCCNC(=O)C(O)C(O)C(=O)N(C)Cc1ccccc1. The number of benzene rings is 1. The van der Waals surface area contributed by atoms with Gasteiger partial charge < -0.3 is 25.7 Å². The van der Waals surface area contributed by atoms with Crippen LogP contribution in [0.15, 0.2) is 30.3 Å². The lowest BCUT2D eigenvalue weighted by Crippen LogP contribution is -2.50. The van der Waals surface area contributed by atoms with Crippen molar-refractivity contribution in [2.75, 3.05) is 27.2 Å². The maximum Gasteiger partial charge on any atom is 0.254 e. The van der Waals surface area contributed by atoms with Gasteiger partial charge >= 0.3 is 0 Å². The minimum absolute atomic E-state index is 0.285. The minimum Gasteiger partial charge on any atom is -0.380 e. The van der Waals surface area contributed by atoms with E-state index in [0.717, 1.165) is 12.1 Å². The Labute approximate surface area is 136 Å². The van der Waals surface area contributed by atoms with Gasteiger partial charge in [-0.25, -0.2) is 0 Å². The summed E-state index contributed by atoms with van der Waals surface area (Å²) in [5, 5.41) is 25.1. The first-order chi connectivity index (χ1) is 11.0. The van der Waals surface area contributed by atoms with E-state index in [1.807, 2.05) is 30.3 Å². The number of carbonyl (C=O) groups excluding carboxylic acids is 2. The standard InChI is InChI=1S/C16H25N3O4/c1-17-9-6-10-18-15(22)13(20)14(21)16(23)19(2)11-12-7-4-3-5-8-12/h3-5,7-8,13-14,17,20-21H,6,9-11H2,1-2H3,(H,18,22). The summed E-state index contributed by atoms with van der Waals surface area (Å²) in [5.41, 5.74) is 0.890. The Morgan fingerprint density at radius 3 is 2.39 bits per heavy atom. The summed E-state index contributed by atoms with van der Waals surface area (Å²) in [6.07, 6.45) is -2.88. The van der Waals surface area contributed by atoms with Gasteiger partial charge in [-0.3, -0.25) is 9.59 Å². The van der Waals surface area contributed by atoms with Crippen LogP contribution in [-0.4, -0.2) is 66.3 Å². The van der Waals surface area contributed by atoms with Gasteiger partial charge in [-0.05, 0) is 25.6 Å². The number of likely N-dealkylation sites (N-methyl/N-ethyl adjacent to an activating group) is 1.